The highest BCUT2D eigenvalue weighted by Gasteiger charge is 2.19. The number of nitrogens with zero attached hydrogens (tertiary/aromatic N) is 1. The maximum atomic E-state index is 12.7. The first-order chi connectivity index (χ1) is 14.3. The molecular weight excluding hydrogens is 376 g/mol. The number of hydrogen-bond donors (Lipinski definition) is 1. The molecule has 3 aromatic carbocycles. The highest BCUT2D eigenvalue weighted by Crippen LogP contribution is 2.36. The molecule has 148 valence electrons. The van der Waals surface area contributed by atoms with E-state index in [4.69, 9.17) is 0 Å². The quantitative estimate of drug-likeness (QED) is 0.554. The normalized spacial score (nSPS) is 13.0. The standard InChI is InChI=1S/C25H26N2OS/c28-25(26-15-7-12-20-8-3-1-4-9-20)22-13-14-24-23(18-22)27(16-17-29-24)19-21-10-5-2-6-11-21/h1-6,8-11,13-14,18H,7,12,15-17,19H2,(H,26,28). The third-order valence-electron chi connectivity index (χ3n) is 5.17. The van der Waals surface area contributed by atoms with Gasteiger partial charge in [-0.3, -0.25) is 4.79 Å². The Labute approximate surface area is 177 Å². The predicted molar refractivity (Wildman–Crippen MR) is 122 cm³/mol. The number of nitrogens with one attached hydrogen (secondary N) is 1. The summed E-state index contributed by atoms with van der Waals surface area (Å²) in [5.74, 6) is 1.08. The molecule has 3 nitrogen and oxygen atoms in total. The number of thioether (sulfide) groups is 1. The van der Waals surface area contributed by atoms with E-state index in [1.165, 1.54) is 21.7 Å². The Morgan fingerprint density at radius 3 is 2.41 bits per heavy atom. The van der Waals surface area contributed by atoms with Gasteiger partial charge < -0.3 is 10.2 Å². The van der Waals surface area contributed by atoms with Crippen molar-refractivity contribution in [2.75, 3.05) is 23.7 Å². The average Bonchev–Trinajstić information content (AvgIpc) is 2.78. The van der Waals surface area contributed by atoms with Crippen LogP contribution in [-0.4, -0.2) is 24.7 Å². The van der Waals surface area contributed by atoms with Crippen molar-refractivity contribution < 1.29 is 4.79 Å². The predicted octanol–water partition coefficient (Wildman–Crippen LogP) is 5.16. The van der Waals surface area contributed by atoms with Gasteiger partial charge >= 0.3 is 0 Å². The Bertz CT molecular complexity index is 944. The van der Waals surface area contributed by atoms with Crippen molar-refractivity contribution in [3.63, 3.8) is 0 Å². The minimum atomic E-state index is 0.0103. The summed E-state index contributed by atoms with van der Waals surface area (Å²) < 4.78 is 0. The number of amides is 1. The third kappa shape index (κ3) is 5.21. The van der Waals surface area contributed by atoms with Crippen molar-refractivity contribution in [1.29, 1.82) is 0 Å². The minimum Gasteiger partial charge on any atom is -0.365 e. The summed E-state index contributed by atoms with van der Waals surface area (Å²) in [4.78, 5) is 16.3. The Hall–Kier alpha value is -2.72. The van der Waals surface area contributed by atoms with E-state index in [-0.39, 0.29) is 5.91 Å². The second-order valence-corrected chi connectivity index (χ2v) is 8.42. The number of hydrogen-bond acceptors (Lipinski definition) is 3. The van der Waals surface area contributed by atoms with E-state index in [1.807, 2.05) is 30.0 Å². The lowest BCUT2D eigenvalue weighted by Crippen LogP contribution is -2.30. The SMILES string of the molecule is O=C(NCCCc1ccccc1)c1ccc2c(c1)N(Cc1ccccc1)CCS2. The van der Waals surface area contributed by atoms with Crippen LogP contribution in [0.15, 0.2) is 83.8 Å². The van der Waals surface area contributed by atoms with Crippen LogP contribution in [-0.2, 0) is 13.0 Å². The largest absolute Gasteiger partial charge is 0.365 e. The highest BCUT2D eigenvalue weighted by molar-refractivity contribution is 7.99. The molecule has 4 heteroatoms. The summed E-state index contributed by atoms with van der Waals surface area (Å²) in [6.07, 6.45) is 1.92. The molecular formula is C25H26N2OS. The van der Waals surface area contributed by atoms with Crippen molar-refractivity contribution in [1.82, 2.24) is 5.32 Å². The van der Waals surface area contributed by atoms with Gasteiger partial charge in [0.15, 0.2) is 0 Å². The highest BCUT2D eigenvalue weighted by atomic mass is 32.2. The van der Waals surface area contributed by atoms with Crippen LogP contribution in [0.2, 0.25) is 0 Å². The molecule has 3 aromatic rings. The van der Waals surface area contributed by atoms with Crippen molar-refractivity contribution in [2.45, 2.75) is 24.3 Å². The van der Waals surface area contributed by atoms with E-state index in [9.17, 15) is 4.79 Å². The van der Waals surface area contributed by atoms with Crippen LogP contribution in [0.1, 0.15) is 27.9 Å². The Morgan fingerprint density at radius 1 is 0.931 bits per heavy atom. The van der Waals surface area contributed by atoms with Gasteiger partial charge in [0.25, 0.3) is 5.91 Å². The second-order valence-electron chi connectivity index (χ2n) is 7.28. The molecule has 1 aliphatic rings. The summed E-state index contributed by atoms with van der Waals surface area (Å²) in [7, 11) is 0. The van der Waals surface area contributed by atoms with Crippen LogP contribution in [0.4, 0.5) is 5.69 Å². The van der Waals surface area contributed by atoms with Gasteiger partial charge in [0.1, 0.15) is 0 Å². The summed E-state index contributed by atoms with van der Waals surface area (Å²) in [5, 5.41) is 3.08. The van der Waals surface area contributed by atoms with E-state index in [2.05, 4.69) is 70.9 Å². The van der Waals surface area contributed by atoms with Gasteiger partial charge in [-0.05, 0) is 42.2 Å². The molecule has 0 radical (unpaired) electrons. The molecule has 0 aliphatic carbocycles. The van der Waals surface area contributed by atoms with Gasteiger partial charge in [0.05, 0.1) is 5.69 Å². The van der Waals surface area contributed by atoms with E-state index in [0.717, 1.165) is 37.2 Å². The molecule has 0 atom stereocenters. The first kappa shape index (κ1) is 19.6. The molecule has 0 bridgehead atoms. The van der Waals surface area contributed by atoms with E-state index >= 15 is 0 Å². The number of anilines is 1. The van der Waals surface area contributed by atoms with Gasteiger partial charge in [-0.25, -0.2) is 0 Å². The fraction of sp³-hybridized carbons (Fsp3) is 0.240. The molecule has 0 aromatic heterocycles. The molecule has 1 amide bonds. The molecule has 0 saturated carbocycles. The lowest BCUT2D eigenvalue weighted by atomic mass is 10.1. The first-order valence-electron chi connectivity index (χ1n) is 10.2. The number of carbonyl (C=O) groups is 1. The fourth-order valence-electron chi connectivity index (χ4n) is 3.62. The van der Waals surface area contributed by atoms with Crippen molar-refractivity contribution in [3.8, 4) is 0 Å². The molecule has 0 unspecified atom stereocenters. The molecule has 1 aliphatic heterocycles. The zero-order valence-corrected chi connectivity index (χ0v) is 17.3. The molecule has 1 N–H and O–H groups in total. The van der Waals surface area contributed by atoms with Crippen molar-refractivity contribution in [3.05, 3.63) is 95.6 Å². The first-order valence-corrected chi connectivity index (χ1v) is 11.2. The van der Waals surface area contributed by atoms with E-state index in [1.54, 1.807) is 0 Å². The maximum Gasteiger partial charge on any atom is 0.251 e. The van der Waals surface area contributed by atoms with Crippen LogP contribution in [0.3, 0.4) is 0 Å². The average molecular weight is 403 g/mol. The zero-order valence-electron chi connectivity index (χ0n) is 16.5. The van der Waals surface area contributed by atoms with Crippen LogP contribution >= 0.6 is 11.8 Å². The van der Waals surface area contributed by atoms with E-state index < -0.39 is 0 Å². The fourth-order valence-corrected chi connectivity index (χ4v) is 4.66. The Morgan fingerprint density at radius 2 is 1.66 bits per heavy atom. The molecule has 1 heterocycles. The number of rotatable bonds is 7. The van der Waals surface area contributed by atoms with Gasteiger partial charge in [-0.1, -0.05) is 60.7 Å². The van der Waals surface area contributed by atoms with Gasteiger partial charge in [0.2, 0.25) is 0 Å². The van der Waals surface area contributed by atoms with Gasteiger partial charge in [-0.15, -0.1) is 11.8 Å². The van der Waals surface area contributed by atoms with E-state index in [0.29, 0.717) is 6.54 Å². The Balaban J connectivity index is 1.38. The Kier molecular flexibility index (Phi) is 6.52. The molecule has 0 saturated heterocycles. The molecule has 0 fully saturated rings. The second kappa shape index (κ2) is 9.66. The van der Waals surface area contributed by atoms with Gasteiger partial charge in [-0.2, -0.15) is 0 Å². The lowest BCUT2D eigenvalue weighted by molar-refractivity contribution is 0.0953. The minimum absolute atomic E-state index is 0.0103. The zero-order chi connectivity index (χ0) is 19.9. The smallest absolute Gasteiger partial charge is 0.251 e. The molecule has 0 spiro atoms. The number of fused-ring (bicyclic) bond motifs is 1. The monoisotopic (exact) mass is 402 g/mol. The van der Waals surface area contributed by atoms with Crippen LogP contribution in [0.25, 0.3) is 0 Å². The van der Waals surface area contributed by atoms with Crippen LogP contribution in [0.5, 0.6) is 0 Å². The van der Waals surface area contributed by atoms with Crippen molar-refractivity contribution >= 4 is 23.4 Å². The summed E-state index contributed by atoms with van der Waals surface area (Å²) in [5.41, 5.74) is 4.51. The number of aryl methyl sites for hydroxylation is 1. The summed E-state index contributed by atoms with van der Waals surface area (Å²) in [6.45, 7) is 2.55. The van der Waals surface area contributed by atoms with Crippen molar-refractivity contribution in [2.24, 2.45) is 0 Å². The van der Waals surface area contributed by atoms with Gasteiger partial charge in [0, 0.05) is 35.8 Å². The molecule has 4 rings (SSSR count). The summed E-state index contributed by atoms with van der Waals surface area (Å²) in [6, 6.07) is 27.0. The van der Waals surface area contributed by atoms with Crippen LogP contribution < -0.4 is 10.2 Å². The maximum absolute atomic E-state index is 12.7. The van der Waals surface area contributed by atoms with Crippen LogP contribution in [0, 0.1) is 0 Å². The lowest BCUT2D eigenvalue weighted by Gasteiger charge is -2.31. The molecule has 29 heavy (non-hydrogen) atoms. The summed E-state index contributed by atoms with van der Waals surface area (Å²) >= 11 is 1.87. The number of carbonyl (C=O) groups excluding carboxylic acids is 1. The number of benzene rings is 3. The third-order valence-corrected chi connectivity index (χ3v) is 6.21. The topological polar surface area (TPSA) is 32.3 Å².